The van der Waals surface area contributed by atoms with Gasteiger partial charge in [-0.3, -0.25) is 27.7 Å². The SMILES string of the molecule is CCCCCC=CCC=CCC=CCCCCCCC(=O)O[C@H](COC(=O)CCCCCCCCCCCCCCCCC)COP(=O)(O)O[C@H]1C(O)C(O)C(OP(=O)(O)O)[C@@H](OP(=O)(O)O)C1O. The van der Waals surface area contributed by atoms with E-state index >= 15 is 0 Å². The van der Waals surface area contributed by atoms with E-state index in [1.54, 1.807) is 0 Å². The average Bonchev–Trinajstić information content (AvgIpc) is 3.28. The second-order valence-electron chi connectivity index (χ2n) is 17.8. The van der Waals surface area contributed by atoms with Crippen molar-refractivity contribution in [2.45, 2.75) is 236 Å². The molecule has 1 aliphatic carbocycles. The quantitative estimate of drug-likeness (QED) is 0.0122. The van der Waals surface area contributed by atoms with Gasteiger partial charge in [0, 0.05) is 12.8 Å². The first-order chi connectivity index (χ1) is 32.8. The van der Waals surface area contributed by atoms with Crippen LogP contribution in [0.4, 0.5) is 0 Å². The normalized spacial score (nSPS) is 21.6. The Morgan fingerprint density at radius 1 is 0.464 bits per heavy atom. The van der Waals surface area contributed by atoms with Crippen LogP contribution >= 0.6 is 23.5 Å². The van der Waals surface area contributed by atoms with Gasteiger partial charge < -0.3 is 49.3 Å². The van der Waals surface area contributed by atoms with Crippen molar-refractivity contribution in [3.8, 4) is 0 Å². The summed E-state index contributed by atoms with van der Waals surface area (Å²) in [6.45, 7) is 2.92. The van der Waals surface area contributed by atoms with Gasteiger partial charge in [-0.15, -0.1) is 0 Å². The van der Waals surface area contributed by atoms with Gasteiger partial charge in [0.1, 0.15) is 43.2 Å². The first-order valence-electron chi connectivity index (χ1n) is 25.3. The van der Waals surface area contributed by atoms with Crippen molar-refractivity contribution >= 4 is 35.4 Å². The summed E-state index contributed by atoms with van der Waals surface area (Å²) >= 11 is 0. The second-order valence-corrected chi connectivity index (χ2v) is 21.5. The molecular weight excluding hydrogens is 961 g/mol. The topological polar surface area (TPSA) is 303 Å². The third kappa shape index (κ3) is 35.2. The first-order valence-corrected chi connectivity index (χ1v) is 29.8. The summed E-state index contributed by atoms with van der Waals surface area (Å²) in [5, 5.41) is 31.9. The molecule has 0 radical (unpaired) electrons. The van der Waals surface area contributed by atoms with E-state index in [1.807, 2.05) is 0 Å². The van der Waals surface area contributed by atoms with Gasteiger partial charge >= 0.3 is 35.4 Å². The summed E-state index contributed by atoms with van der Waals surface area (Å²) in [4.78, 5) is 73.3. The number of aliphatic hydroxyl groups is 3. The minimum Gasteiger partial charge on any atom is -0.462 e. The zero-order valence-electron chi connectivity index (χ0n) is 41.1. The molecular formula is C47H87O19P3. The molecule has 1 aliphatic rings. The minimum absolute atomic E-state index is 0.0261. The van der Waals surface area contributed by atoms with Crippen molar-refractivity contribution in [1.29, 1.82) is 0 Å². The number of carbonyl (C=O) groups excluding carboxylic acids is 2. The zero-order valence-corrected chi connectivity index (χ0v) is 43.8. The maximum atomic E-state index is 13.1. The number of unbranched alkanes of at least 4 members (excludes halogenated alkanes) is 21. The summed E-state index contributed by atoms with van der Waals surface area (Å²) in [5.74, 6) is -1.32. The molecule has 5 unspecified atom stereocenters. The molecule has 0 aromatic carbocycles. The lowest BCUT2D eigenvalue weighted by atomic mass is 9.85. The van der Waals surface area contributed by atoms with Crippen molar-refractivity contribution < 1.29 is 90.6 Å². The Morgan fingerprint density at radius 2 is 0.841 bits per heavy atom. The summed E-state index contributed by atoms with van der Waals surface area (Å²) < 4.78 is 65.5. The van der Waals surface area contributed by atoms with Gasteiger partial charge in [0.05, 0.1) is 6.61 Å². The first kappa shape index (κ1) is 65.4. The second kappa shape index (κ2) is 38.9. The molecule has 19 nitrogen and oxygen atoms in total. The van der Waals surface area contributed by atoms with Crippen molar-refractivity contribution in [2.75, 3.05) is 13.2 Å². The number of phosphoric ester groups is 3. The van der Waals surface area contributed by atoms with Crippen LogP contribution in [0.2, 0.25) is 0 Å². The number of ether oxygens (including phenoxy) is 2. The van der Waals surface area contributed by atoms with E-state index in [2.05, 4.69) is 59.4 Å². The molecule has 1 rings (SSSR count). The van der Waals surface area contributed by atoms with Gasteiger partial charge in [-0.1, -0.05) is 166 Å². The van der Waals surface area contributed by atoms with Crippen LogP contribution in [0.15, 0.2) is 36.5 Å². The lowest BCUT2D eigenvalue weighted by molar-refractivity contribution is -0.213. The van der Waals surface area contributed by atoms with E-state index in [-0.39, 0.29) is 12.8 Å². The van der Waals surface area contributed by atoms with Crippen molar-refractivity contribution in [3.63, 3.8) is 0 Å². The van der Waals surface area contributed by atoms with Gasteiger partial charge in [0.2, 0.25) is 0 Å². The van der Waals surface area contributed by atoms with Crippen LogP contribution in [-0.4, -0.2) is 108 Å². The predicted molar refractivity (Wildman–Crippen MR) is 261 cm³/mol. The van der Waals surface area contributed by atoms with Gasteiger partial charge in [-0.25, -0.2) is 13.7 Å². The number of hydrogen-bond acceptors (Lipinski definition) is 14. The monoisotopic (exact) mass is 1050 g/mol. The van der Waals surface area contributed by atoms with Gasteiger partial charge in [-0.05, 0) is 51.4 Å². The van der Waals surface area contributed by atoms with Crippen LogP contribution in [-0.2, 0) is 50.9 Å². The largest absolute Gasteiger partial charge is 0.472 e. The van der Waals surface area contributed by atoms with E-state index in [0.717, 1.165) is 64.2 Å². The molecule has 0 amide bonds. The summed E-state index contributed by atoms with van der Waals surface area (Å²) in [6, 6.07) is 0. The number of hydrogen-bond donors (Lipinski definition) is 8. The fourth-order valence-electron chi connectivity index (χ4n) is 7.65. The molecule has 8 atom stereocenters. The fourth-order valence-corrected chi connectivity index (χ4v) is 9.75. The maximum absolute atomic E-state index is 13.1. The van der Waals surface area contributed by atoms with Crippen LogP contribution in [0, 0.1) is 0 Å². The Hall–Kier alpha value is -1.63. The Balaban J connectivity index is 2.72. The number of allylic oxidation sites excluding steroid dienone is 6. The predicted octanol–water partition coefficient (Wildman–Crippen LogP) is 9.63. The highest BCUT2D eigenvalue weighted by Gasteiger charge is 2.56. The molecule has 69 heavy (non-hydrogen) atoms. The Bertz CT molecular complexity index is 1580. The van der Waals surface area contributed by atoms with Crippen LogP contribution in [0.5, 0.6) is 0 Å². The van der Waals surface area contributed by atoms with Crippen LogP contribution in [0.3, 0.4) is 0 Å². The lowest BCUT2D eigenvalue weighted by Crippen LogP contribution is -2.65. The number of phosphoric acid groups is 3. The third-order valence-corrected chi connectivity index (χ3v) is 13.5. The molecule has 1 fully saturated rings. The number of carbonyl (C=O) groups is 2. The molecule has 0 aromatic heterocycles. The molecule has 22 heteroatoms. The Kier molecular flexibility index (Phi) is 36.9. The molecule has 1 saturated carbocycles. The van der Waals surface area contributed by atoms with Gasteiger partial charge in [-0.2, -0.15) is 0 Å². The van der Waals surface area contributed by atoms with E-state index < -0.39 is 91.3 Å². The van der Waals surface area contributed by atoms with Gasteiger partial charge in [0.15, 0.2) is 6.10 Å². The smallest absolute Gasteiger partial charge is 0.462 e. The third-order valence-electron chi connectivity index (χ3n) is 11.4. The molecule has 0 heterocycles. The zero-order chi connectivity index (χ0) is 51.4. The van der Waals surface area contributed by atoms with E-state index in [9.17, 15) is 63.1 Å². The van der Waals surface area contributed by atoms with E-state index in [4.69, 9.17) is 18.5 Å². The molecule has 0 aromatic rings. The summed E-state index contributed by atoms with van der Waals surface area (Å²) in [7, 11) is -16.6. The highest BCUT2D eigenvalue weighted by molar-refractivity contribution is 7.47. The minimum atomic E-state index is -5.60. The maximum Gasteiger partial charge on any atom is 0.472 e. The Labute approximate surface area is 410 Å². The standard InChI is InChI=1S/C47H87O19P3/c1-3-5-7-9-11-13-15-17-19-20-22-24-26-28-30-32-34-36-41(49)63-39(37-61-40(48)35-33-31-29-27-25-23-21-18-16-14-12-10-8-6-4-2)38-62-69(59,60)66-45-42(50)43(51)46(64-67(53,54)55)47(44(45)52)65-68(56,57)58/h11,13,17,19,22,24,39,42-47,50-52H,3-10,12,14-16,18,20-21,23,25-38H2,1-2H3,(H,59,60)(H2,53,54,55)(H2,56,57,58)/t39-,42?,43?,44?,45+,46?,47+/m1/s1. The summed E-state index contributed by atoms with van der Waals surface area (Å²) in [6.07, 6.45) is 24.3. The van der Waals surface area contributed by atoms with E-state index in [0.29, 0.717) is 19.3 Å². The van der Waals surface area contributed by atoms with Gasteiger partial charge in [0.25, 0.3) is 0 Å². The molecule has 0 bridgehead atoms. The van der Waals surface area contributed by atoms with E-state index in [1.165, 1.54) is 83.5 Å². The lowest BCUT2D eigenvalue weighted by Gasteiger charge is -2.44. The molecule has 404 valence electrons. The average molecular weight is 1050 g/mol. The number of esters is 2. The highest BCUT2D eigenvalue weighted by atomic mass is 31.2. The van der Waals surface area contributed by atoms with Crippen LogP contribution in [0.1, 0.15) is 194 Å². The molecule has 0 saturated heterocycles. The highest BCUT2D eigenvalue weighted by Crippen LogP contribution is 2.51. The Morgan fingerprint density at radius 3 is 1.32 bits per heavy atom. The number of rotatable bonds is 43. The van der Waals surface area contributed by atoms with Crippen LogP contribution in [0.25, 0.3) is 0 Å². The summed E-state index contributed by atoms with van der Waals surface area (Å²) in [5.41, 5.74) is 0. The van der Waals surface area contributed by atoms with Crippen LogP contribution < -0.4 is 0 Å². The molecule has 8 N–H and O–H groups in total. The van der Waals surface area contributed by atoms with Crippen molar-refractivity contribution in [1.82, 2.24) is 0 Å². The fraction of sp³-hybridized carbons (Fsp3) is 0.830. The van der Waals surface area contributed by atoms with Crippen molar-refractivity contribution in [3.05, 3.63) is 36.5 Å². The van der Waals surface area contributed by atoms with Crippen molar-refractivity contribution in [2.24, 2.45) is 0 Å². The molecule has 0 spiro atoms. The molecule has 0 aliphatic heterocycles. The number of aliphatic hydroxyl groups excluding tert-OH is 3.